The molecule has 7 nitrogen and oxygen atoms in total. The first-order valence-electron chi connectivity index (χ1n) is 6.35. The van der Waals surface area contributed by atoms with Gasteiger partial charge in [0.2, 0.25) is 0 Å². The molecule has 0 aromatic carbocycles. The number of halogens is 2. The lowest BCUT2D eigenvalue weighted by Crippen LogP contribution is -2.64. The molecule has 0 aromatic heterocycles. The number of carbonyl (C=O) groups is 2. The molecule has 3 saturated carbocycles. The van der Waals surface area contributed by atoms with Gasteiger partial charge in [0.1, 0.15) is 12.0 Å². The molecule has 4 aliphatic rings. The van der Waals surface area contributed by atoms with E-state index in [0.29, 0.717) is 19.3 Å². The van der Waals surface area contributed by atoms with Crippen LogP contribution in [0.15, 0.2) is 0 Å². The fourth-order valence-electron chi connectivity index (χ4n) is 4.46. The molecule has 1 heterocycles. The molecule has 116 valence electrons. The van der Waals surface area contributed by atoms with Gasteiger partial charge < -0.3 is 9.47 Å². The monoisotopic (exact) mass is 324 g/mol. The van der Waals surface area contributed by atoms with Crippen LogP contribution in [0.4, 0.5) is 8.78 Å². The molecule has 0 bridgehead atoms. The van der Waals surface area contributed by atoms with Crippen molar-refractivity contribution in [2.75, 3.05) is 0 Å². The first-order chi connectivity index (χ1) is 9.56. The van der Waals surface area contributed by atoms with Gasteiger partial charge in [-0.05, 0) is 25.2 Å². The lowest BCUT2D eigenvalue weighted by Gasteiger charge is -2.49. The molecule has 1 N–H and O–H groups in total. The lowest BCUT2D eigenvalue weighted by atomic mass is 9.62. The Hall–Kier alpha value is -1.29. The molecule has 5 atom stereocenters. The van der Waals surface area contributed by atoms with Crippen molar-refractivity contribution in [3.05, 3.63) is 0 Å². The predicted molar refractivity (Wildman–Crippen MR) is 58.5 cm³/mol. The van der Waals surface area contributed by atoms with Crippen LogP contribution < -0.4 is 0 Å². The summed E-state index contributed by atoms with van der Waals surface area (Å²) in [6.07, 6.45) is 0.662. The summed E-state index contributed by atoms with van der Waals surface area (Å²) in [4.78, 5) is 23.3. The van der Waals surface area contributed by atoms with Crippen LogP contribution in [-0.4, -0.2) is 41.9 Å². The summed E-state index contributed by atoms with van der Waals surface area (Å²) in [5.41, 5.74) is -2.03. The first kappa shape index (κ1) is 13.4. The third-order valence-electron chi connectivity index (χ3n) is 5.44. The zero-order valence-electron chi connectivity index (χ0n) is 10.4. The first-order valence-corrected chi connectivity index (χ1v) is 7.79. The van der Waals surface area contributed by atoms with Crippen molar-refractivity contribution in [3.8, 4) is 0 Å². The maximum atomic E-state index is 13.4. The smallest absolute Gasteiger partial charge is 0.458 e. The van der Waals surface area contributed by atoms with Crippen LogP contribution >= 0.6 is 0 Å². The van der Waals surface area contributed by atoms with Gasteiger partial charge in [-0.2, -0.15) is 17.2 Å². The largest absolute Gasteiger partial charge is 0.465 e. The molecule has 3 aliphatic carbocycles. The minimum atomic E-state index is -5.93. The molecule has 0 aromatic rings. The molecule has 5 unspecified atom stereocenters. The topological polar surface area (TPSA) is 107 Å². The van der Waals surface area contributed by atoms with Crippen LogP contribution in [0.3, 0.4) is 0 Å². The molecule has 1 aliphatic heterocycles. The molecule has 1 spiro atoms. The number of rotatable bonds is 3. The van der Waals surface area contributed by atoms with Gasteiger partial charge in [0.15, 0.2) is 5.60 Å². The minimum Gasteiger partial charge on any atom is -0.458 e. The zero-order valence-corrected chi connectivity index (χ0v) is 11.2. The summed E-state index contributed by atoms with van der Waals surface area (Å²) in [5.74, 6) is -3.67. The van der Waals surface area contributed by atoms with Gasteiger partial charge in [-0.3, -0.25) is 9.35 Å². The van der Waals surface area contributed by atoms with E-state index in [9.17, 15) is 26.8 Å². The molecule has 0 amide bonds. The van der Waals surface area contributed by atoms with E-state index in [1.807, 2.05) is 0 Å². The number of alkyl halides is 2. The second-order valence-corrected chi connectivity index (χ2v) is 7.61. The van der Waals surface area contributed by atoms with Gasteiger partial charge in [0.25, 0.3) is 0 Å². The lowest BCUT2D eigenvalue weighted by molar-refractivity contribution is -0.226. The van der Waals surface area contributed by atoms with Crippen molar-refractivity contribution in [1.29, 1.82) is 0 Å². The number of hydrogen-bond donors (Lipinski definition) is 1. The summed E-state index contributed by atoms with van der Waals surface area (Å²) >= 11 is 0. The Bertz CT molecular complexity index is 689. The molecule has 21 heavy (non-hydrogen) atoms. The van der Waals surface area contributed by atoms with Gasteiger partial charge in [-0.25, -0.2) is 4.79 Å². The van der Waals surface area contributed by atoms with E-state index in [-0.39, 0.29) is 5.92 Å². The maximum absolute atomic E-state index is 13.4. The van der Waals surface area contributed by atoms with Crippen molar-refractivity contribution >= 4 is 22.1 Å². The average Bonchev–Trinajstić information content (AvgIpc) is 2.94. The average molecular weight is 324 g/mol. The SMILES string of the molecule is O=C1OC2CC34CC3CC1C24OC(=O)C(F)(F)S(=O)(=O)O. The number of hydrogen-bond acceptors (Lipinski definition) is 6. The van der Waals surface area contributed by atoms with Crippen LogP contribution in [0.25, 0.3) is 0 Å². The Kier molecular flexibility index (Phi) is 2.05. The molecule has 1 saturated heterocycles. The summed E-state index contributed by atoms with van der Waals surface area (Å²) in [7, 11) is -5.93. The maximum Gasteiger partial charge on any atom is 0.465 e. The van der Waals surface area contributed by atoms with Crippen molar-refractivity contribution in [2.45, 2.75) is 36.2 Å². The Morgan fingerprint density at radius 1 is 1.43 bits per heavy atom. The fraction of sp³-hybridized carbons (Fsp3) is 0.818. The third-order valence-corrected chi connectivity index (χ3v) is 6.26. The Labute approximate surface area is 117 Å². The minimum absolute atomic E-state index is 0.110. The van der Waals surface area contributed by atoms with E-state index < -0.39 is 50.3 Å². The Morgan fingerprint density at radius 2 is 2.10 bits per heavy atom. The quantitative estimate of drug-likeness (QED) is 0.579. The third kappa shape index (κ3) is 1.21. The van der Waals surface area contributed by atoms with E-state index in [1.165, 1.54) is 0 Å². The standard InChI is InChI=1S/C11H10F2O7S/c12-11(13,21(16,17)18)8(15)20-10-5-1-4-2-9(4,10)3-6(10)19-7(5)14/h4-6H,1-3H2,(H,16,17,18). The zero-order chi connectivity index (χ0) is 15.4. The summed E-state index contributed by atoms with van der Waals surface area (Å²) in [6.45, 7) is 0. The van der Waals surface area contributed by atoms with Gasteiger partial charge in [0, 0.05) is 5.41 Å². The molecular formula is C11H10F2O7S. The van der Waals surface area contributed by atoms with Crippen molar-refractivity contribution < 1.29 is 40.8 Å². The second kappa shape index (κ2) is 3.22. The van der Waals surface area contributed by atoms with E-state index in [4.69, 9.17) is 14.0 Å². The highest BCUT2D eigenvalue weighted by Crippen LogP contribution is 2.83. The van der Waals surface area contributed by atoms with Crippen molar-refractivity contribution in [1.82, 2.24) is 0 Å². The van der Waals surface area contributed by atoms with Crippen LogP contribution in [0, 0.1) is 17.3 Å². The van der Waals surface area contributed by atoms with Crippen molar-refractivity contribution in [3.63, 3.8) is 0 Å². The number of carbonyl (C=O) groups excluding carboxylic acids is 2. The van der Waals surface area contributed by atoms with E-state index in [1.54, 1.807) is 0 Å². The summed E-state index contributed by atoms with van der Waals surface area (Å²) in [6, 6.07) is 0. The highest BCUT2D eigenvalue weighted by molar-refractivity contribution is 7.87. The van der Waals surface area contributed by atoms with Gasteiger partial charge in [-0.1, -0.05) is 0 Å². The number of esters is 2. The van der Waals surface area contributed by atoms with Gasteiger partial charge in [-0.15, -0.1) is 0 Å². The van der Waals surface area contributed by atoms with Crippen LogP contribution in [0.5, 0.6) is 0 Å². The number of ether oxygens (including phenoxy) is 2. The molecule has 0 radical (unpaired) electrons. The highest BCUT2D eigenvalue weighted by atomic mass is 32.2. The predicted octanol–water partition coefficient (Wildman–Crippen LogP) is 0.104. The highest BCUT2D eigenvalue weighted by Gasteiger charge is 2.91. The summed E-state index contributed by atoms with van der Waals surface area (Å²) in [5, 5.41) is -5.06. The van der Waals surface area contributed by atoms with Crippen LogP contribution in [0.1, 0.15) is 19.3 Å². The molecule has 4 rings (SSSR count). The van der Waals surface area contributed by atoms with E-state index in [0.717, 1.165) is 0 Å². The van der Waals surface area contributed by atoms with Crippen LogP contribution in [-0.2, 0) is 29.2 Å². The van der Waals surface area contributed by atoms with Crippen LogP contribution in [0.2, 0.25) is 0 Å². The van der Waals surface area contributed by atoms with Gasteiger partial charge in [0.05, 0.1) is 0 Å². The van der Waals surface area contributed by atoms with Gasteiger partial charge >= 0.3 is 27.3 Å². The normalized spacial score (nSPS) is 46.2. The summed E-state index contributed by atoms with van der Waals surface area (Å²) < 4.78 is 66.3. The fourth-order valence-corrected chi connectivity index (χ4v) is 4.71. The second-order valence-electron chi connectivity index (χ2n) is 6.15. The molecule has 4 fully saturated rings. The van der Waals surface area contributed by atoms with Crippen molar-refractivity contribution in [2.24, 2.45) is 17.3 Å². The van der Waals surface area contributed by atoms with E-state index >= 15 is 0 Å². The molecule has 10 heteroatoms. The van der Waals surface area contributed by atoms with E-state index in [2.05, 4.69) is 0 Å². The Balaban J connectivity index is 1.69. The Morgan fingerprint density at radius 3 is 2.71 bits per heavy atom. The molecular weight excluding hydrogens is 314 g/mol.